The fourth-order valence-electron chi connectivity index (χ4n) is 3.88. The second kappa shape index (κ2) is 13.2. The summed E-state index contributed by atoms with van der Waals surface area (Å²) in [6.07, 6.45) is 1.04. The van der Waals surface area contributed by atoms with Crippen molar-refractivity contribution in [3.8, 4) is 0 Å². The van der Waals surface area contributed by atoms with Crippen LogP contribution in [-0.4, -0.2) is 93.6 Å². The van der Waals surface area contributed by atoms with Crippen LogP contribution in [0.3, 0.4) is 0 Å². The summed E-state index contributed by atoms with van der Waals surface area (Å²) in [5.41, 5.74) is 1.39. The first-order valence-electron chi connectivity index (χ1n) is 11.7. The Hall–Kier alpha value is -2.50. The van der Waals surface area contributed by atoms with Crippen LogP contribution in [0.4, 0.5) is 0 Å². The van der Waals surface area contributed by atoms with Crippen molar-refractivity contribution in [1.82, 2.24) is 19.4 Å². The van der Waals surface area contributed by atoms with Crippen molar-refractivity contribution in [3.05, 3.63) is 70.7 Å². The van der Waals surface area contributed by atoms with E-state index in [0.29, 0.717) is 36.9 Å². The standard InChI is InChI=1S/C25H33ClN4O5S/c1-28(36(2,33)34)19-23(31)30(18-20-8-10-22(26)11-9-20)24(21-6-4-3-5-7-21)25(32)27-12-13-29-14-16-35-17-15-29/h3-11,24H,12-19H2,1-2H3,(H,27,32)/t24-/m0/s1. The third-order valence-electron chi connectivity index (χ3n) is 6.02. The second-order valence-electron chi connectivity index (χ2n) is 8.73. The number of nitrogens with one attached hydrogen (secondary N) is 1. The molecule has 1 heterocycles. The number of halogens is 1. The summed E-state index contributed by atoms with van der Waals surface area (Å²) in [7, 11) is -2.25. The third kappa shape index (κ3) is 8.28. The number of likely N-dealkylation sites (N-methyl/N-ethyl adjacent to an activating group) is 1. The Morgan fingerprint density at radius 1 is 1.08 bits per heavy atom. The quantitative estimate of drug-likeness (QED) is 0.470. The molecular weight excluding hydrogens is 504 g/mol. The first kappa shape index (κ1) is 28.1. The van der Waals surface area contributed by atoms with Crippen molar-refractivity contribution in [3.63, 3.8) is 0 Å². The van der Waals surface area contributed by atoms with E-state index in [1.165, 1.54) is 11.9 Å². The maximum absolute atomic E-state index is 13.6. The van der Waals surface area contributed by atoms with Crippen LogP contribution in [0.5, 0.6) is 0 Å². The van der Waals surface area contributed by atoms with Gasteiger partial charge in [-0.3, -0.25) is 14.5 Å². The van der Waals surface area contributed by atoms with Crippen LogP contribution in [0.25, 0.3) is 0 Å². The summed E-state index contributed by atoms with van der Waals surface area (Å²) < 4.78 is 30.3. The number of carbonyl (C=O) groups excluding carboxylic acids is 2. The van der Waals surface area contributed by atoms with Gasteiger partial charge in [0.15, 0.2) is 0 Å². The van der Waals surface area contributed by atoms with Gasteiger partial charge in [-0.05, 0) is 23.3 Å². The lowest BCUT2D eigenvalue weighted by atomic mass is 10.0. The topological polar surface area (TPSA) is 99.3 Å². The molecule has 36 heavy (non-hydrogen) atoms. The fourth-order valence-corrected chi connectivity index (χ4v) is 4.35. The van der Waals surface area contributed by atoms with Crippen LogP contribution >= 0.6 is 11.6 Å². The summed E-state index contributed by atoms with van der Waals surface area (Å²) >= 11 is 6.03. The molecular formula is C25H33ClN4O5S. The van der Waals surface area contributed by atoms with Gasteiger partial charge in [0.25, 0.3) is 0 Å². The predicted molar refractivity (Wildman–Crippen MR) is 139 cm³/mol. The van der Waals surface area contributed by atoms with E-state index in [-0.39, 0.29) is 12.5 Å². The first-order valence-corrected chi connectivity index (χ1v) is 14.0. The smallest absolute Gasteiger partial charge is 0.247 e. The molecule has 2 aromatic carbocycles. The van der Waals surface area contributed by atoms with E-state index in [1.807, 2.05) is 6.07 Å². The minimum atomic E-state index is -3.59. The molecule has 11 heteroatoms. The van der Waals surface area contributed by atoms with Crippen LogP contribution < -0.4 is 5.32 Å². The molecule has 9 nitrogen and oxygen atoms in total. The van der Waals surface area contributed by atoms with Crippen LogP contribution in [0.1, 0.15) is 17.2 Å². The Balaban J connectivity index is 1.87. The average Bonchev–Trinajstić information content (AvgIpc) is 2.85. The summed E-state index contributed by atoms with van der Waals surface area (Å²) in [5.74, 6) is -0.825. The Morgan fingerprint density at radius 3 is 2.33 bits per heavy atom. The molecule has 2 aromatic rings. The van der Waals surface area contributed by atoms with E-state index >= 15 is 0 Å². The highest BCUT2D eigenvalue weighted by Gasteiger charge is 2.33. The van der Waals surface area contributed by atoms with Gasteiger partial charge in [-0.25, -0.2) is 8.42 Å². The molecule has 2 amide bonds. The summed E-state index contributed by atoms with van der Waals surface area (Å²) in [6.45, 7) is 3.72. The minimum Gasteiger partial charge on any atom is -0.379 e. The lowest BCUT2D eigenvalue weighted by Gasteiger charge is -2.33. The van der Waals surface area contributed by atoms with Crippen LogP contribution in [-0.2, 0) is 30.9 Å². The van der Waals surface area contributed by atoms with Gasteiger partial charge >= 0.3 is 0 Å². The Bertz CT molecular complexity index is 1110. The van der Waals surface area contributed by atoms with Crippen molar-refractivity contribution < 1.29 is 22.7 Å². The number of benzene rings is 2. The van der Waals surface area contributed by atoms with E-state index in [2.05, 4.69) is 10.2 Å². The van der Waals surface area contributed by atoms with Gasteiger partial charge in [-0.2, -0.15) is 4.31 Å². The Morgan fingerprint density at radius 2 is 1.72 bits per heavy atom. The number of nitrogens with zero attached hydrogens (tertiary/aromatic N) is 3. The lowest BCUT2D eigenvalue weighted by molar-refractivity contribution is -0.141. The highest BCUT2D eigenvalue weighted by atomic mass is 35.5. The molecule has 1 aliphatic rings. The molecule has 1 aliphatic heterocycles. The van der Waals surface area contributed by atoms with Gasteiger partial charge in [-0.1, -0.05) is 54.1 Å². The SMILES string of the molecule is CN(CC(=O)N(Cc1ccc(Cl)cc1)[C@H](C(=O)NCCN1CCOCC1)c1ccccc1)S(C)(=O)=O. The van der Waals surface area contributed by atoms with E-state index < -0.39 is 28.5 Å². The zero-order valence-electron chi connectivity index (χ0n) is 20.6. The first-order chi connectivity index (χ1) is 17.1. The Labute approximate surface area is 218 Å². The number of hydrogen-bond donors (Lipinski definition) is 1. The molecule has 196 valence electrons. The molecule has 0 aromatic heterocycles. The highest BCUT2D eigenvalue weighted by molar-refractivity contribution is 7.88. The molecule has 0 aliphatic carbocycles. The zero-order chi connectivity index (χ0) is 26.1. The lowest BCUT2D eigenvalue weighted by Crippen LogP contribution is -2.48. The molecule has 0 bridgehead atoms. The number of morpholine rings is 1. The normalized spacial score (nSPS) is 15.4. The van der Waals surface area contributed by atoms with Crippen LogP contribution in [0, 0.1) is 0 Å². The van der Waals surface area contributed by atoms with Crippen molar-refractivity contribution in [2.75, 3.05) is 59.2 Å². The van der Waals surface area contributed by atoms with Crippen molar-refractivity contribution >= 4 is 33.4 Å². The predicted octanol–water partition coefficient (Wildman–Crippen LogP) is 1.75. The van der Waals surface area contributed by atoms with E-state index in [9.17, 15) is 18.0 Å². The van der Waals surface area contributed by atoms with E-state index in [0.717, 1.165) is 29.2 Å². The summed E-state index contributed by atoms with van der Waals surface area (Å²) in [4.78, 5) is 30.7. The van der Waals surface area contributed by atoms with Crippen molar-refractivity contribution in [2.24, 2.45) is 0 Å². The van der Waals surface area contributed by atoms with Gasteiger partial charge in [0.1, 0.15) is 6.04 Å². The van der Waals surface area contributed by atoms with Gasteiger partial charge in [-0.15, -0.1) is 0 Å². The molecule has 1 N–H and O–H groups in total. The third-order valence-corrected chi connectivity index (χ3v) is 7.53. The molecule has 0 spiro atoms. The Kier molecular flexibility index (Phi) is 10.3. The van der Waals surface area contributed by atoms with Gasteiger partial charge in [0, 0.05) is 44.8 Å². The monoisotopic (exact) mass is 536 g/mol. The zero-order valence-corrected chi connectivity index (χ0v) is 22.2. The minimum absolute atomic E-state index is 0.101. The van der Waals surface area contributed by atoms with Gasteiger partial charge < -0.3 is 15.0 Å². The number of rotatable bonds is 11. The van der Waals surface area contributed by atoms with Crippen LogP contribution in [0.2, 0.25) is 5.02 Å². The molecule has 0 unspecified atom stereocenters. The molecule has 0 radical (unpaired) electrons. The largest absolute Gasteiger partial charge is 0.379 e. The van der Waals surface area contributed by atoms with Gasteiger partial charge in [0.05, 0.1) is 26.0 Å². The molecule has 0 saturated carbocycles. The number of hydrogen-bond acceptors (Lipinski definition) is 6. The maximum Gasteiger partial charge on any atom is 0.247 e. The fraction of sp³-hybridized carbons (Fsp3) is 0.440. The molecule has 1 saturated heterocycles. The highest BCUT2D eigenvalue weighted by Crippen LogP contribution is 2.25. The number of sulfonamides is 1. The molecule has 1 fully saturated rings. The van der Waals surface area contributed by atoms with Crippen molar-refractivity contribution in [1.29, 1.82) is 0 Å². The van der Waals surface area contributed by atoms with Gasteiger partial charge in [0.2, 0.25) is 21.8 Å². The summed E-state index contributed by atoms with van der Waals surface area (Å²) in [6, 6.07) is 15.0. The average molecular weight is 537 g/mol. The summed E-state index contributed by atoms with van der Waals surface area (Å²) in [5, 5.41) is 3.52. The van der Waals surface area contributed by atoms with E-state index in [1.54, 1.807) is 48.5 Å². The van der Waals surface area contributed by atoms with Crippen molar-refractivity contribution in [2.45, 2.75) is 12.6 Å². The molecule has 1 atom stereocenters. The second-order valence-corrected chi connectivity index (χ2v) is 11.3. The van der Waals surface area contributed by atoms with E-state index in [4.69, 9.17) is 16.3 Å². The van der Waals surface area contributed by atoms with Crippen LogP contribution in [0.15, 0.2) is 54.6 Å². The maximum atomic E-state index is 13.6. The number of carbonyl (C=O) groups is 2. The number of amides is 2. The molecule has 3 rings (SSSR count). The number of ether oxygens (including phenoxy) is 1.